The van der Waals surface area contributed by atoms with E-state index in [0.29, 0.717) is 24.7 Å². The first kappa shape index (κ1) is 19.1. The van der Waals surface area contributed by atoms with Crippen LogP contribution in [-0.4, -0.2) is 43.1 Å². The second kappa shape index (κ2) is 9.93. The van der Waals surface area contributed by atoms with Gasteiger partial charge in [-0.1, -0.05) is 12.1 Å². The van der Waals surface area contributed by atoms with E-state index < -0.39 is 0 Å². The molecule has 0 N–H and O–H groups in total. The van der Waals surface area contributed by atoms with Gasteiger partial charge in [0, 0.05) is 19.3 Å². The van der Waals surface area contributed by atoms with Gasteiger partial charge in [-0.05, 0) is 42.0 Å². The Balaban J connectivity index is 1.64. The van der Waals surface area contributed by atoms with Crippen molar-refractivity contribution in [2.24, 2.45) is 0 Å². The van der Waals surface area contributed by atoms with E-state index in [9.17, 15) is 9.18 Å². The van der Waals surface area contributed by atoms with Gasteiger partial charge in [0.05, 0.1) is 19.5 Å². The normalized spacial score (nSPS) is 10.4. The summed E-state index contributed by atoms with van der Waals surface area (Å²) in [5.41, 5.74) is 0.781. The molecular formula is C19H22FNO3S. The summed E-state index contributed by atoms with van der Waals surface area (Å²) in [7, 11) is 3.34. The van der Waals surface area contributed by atoms with Gasteiger partial charge in [-0.2, -0.15) is 0 Å². The molecule has 0 saturated heterocycles. The van der Waals surface area contributed by atoms with Gasteiger partial charge in [-0.25, -0.2) is 4.39 Å². The molecule has 134 valence electrons. The first-order valence-electron chi connectivity index (χ1n) is 7.91. The predicted octanol–water partition coefficient (Wildman–Crippen LogP) is 3.60. The number of carbonyl (C=O) groups is 1. The fourth-order valence-corrected chi connectivity index (χ4v) is 2.90. The Morgan fingerprint density at radius 3 is 2.56 bits per heavy atom. The van der Waals surface area contributed by atoms with Crippen molar-refractivity contribution in [1.29, 1.82) is 0 Å². The van der Waals surface area contributed by atoms with Crippen molar-refractivity contribution in [2.45, 2.75) is 6.54 Å². The molecule has 0 aromatic heterocycles. The highest BCUT2D eigenvalue weighted by Gasteiger charge is 2.09. The van der Waals surface area contributed by atoms with Crippen LogP contribution < -0.4 is 9.47 Å². The lowest BCUT2D eigenvalue weighted by molar-refractivity contribution is -0.127. The highest BCUT2D eigenvalue weighted by Crippen LogP contribution is 2.17. The third-order valence-corrected chi connectivity index (χ3v) is 4.42. The van der Waals surface area contributed by atoms with Crippen molar-refractivity contribution in [3.05, 3.63) is 59.9 Å². The second-order valence-electron chi connectivity index (χ2n) is 5.46. The number of nitrogens with zero attached hydrogens (tertiary/aromatic N) is 1. The minimum atomic E-state index is -0.289. The highest BCUT2D eigenvalue weighted by molar-refractivity contribution is 7.99. The maximum atomic E-state index is 13.2. The third kappa shape index (κ3) is 6.66. The molecule has 0 heterocycles. The van der Waals surface area contributed by atoms with Crippen molar-refractivity contribution in [1.82, 2.24) is 4.90 Å². The lowest BCUT2D eigenvalue weighted by atomic mass is 10.2. The number of amides is 1. The summed E-state index contributed by atoms with van der Waals surface area (Å²) >= 11 is 1.52. The Morgan fingerprint density at radius 1 is 1.16 bits per heavy atom. The van der Waals surface area contributed by atoms with E-state index in [2.05, 4.69) is 0 Å². The molecule has 0 aliphatic heterocycles. The van der Waals surface area contributed by atoms with E-state index in [0.717, 1.165) is 17.1 Å². The molecule has 0 unspecified atom stereocenters. The number of thioether (sulfide) groups is 1. The molecule has 0 atom stereocenters. The molecule has 2 aromatic carbocycles. The van der Waals surface area contributed by atoms with E-state index in [1.165, 1.54) is 23.9 Å². The van der Waals surface area contributed by atoms with Crippen LogP contribution in [0, 0.1) is 5.82 Å². The van der Waals surface area contributed by atoms with Crippen molar-refractivity contribution in [3.8, 4) is 11.5 Å². The molecule has 0 bridgehead atoms. The number of carbonyl (C=O) groups excluding carboxylic acids is 1. The Labute approximate surface area is 151 Å². The smallest absolute Gasteiger partial charge is 0.232 e. The topological polar surface area (TPSA) is 38.8 Å². The average Bonchev–Trinajstić information content (AvgIpc) is 2.61. The quantitative estimate of drug-likeness (QED) is 0.638. The van der Waals surface area contributed by atoms with Crippen molar-refractivity contribution in [3.63, 3.8) is 0 Å². The maximum absolute atomic E-state index is 13.2. The van der Waals surface area contributed by atoms with Gasteiger partial charge in [0.1, 0.15) is 17.3 Å². The van der Waals surface area contributed by atoms with Crippen LogP contribution in [-0.2, 0) is 11.3 Å². The highest BCUT2D eigenvalue weighted by atomic mass is 32.2. The molecular weight excluding hydrogens is 341 g/mol. The van der Waals surface area contributed by atoms with E-state index in [4.69, 9.17) is 9.47 Å². The Kier molecular flexibility index (Phi) is 7.60. The second-order valence-corrected chi connectivity index (χ2v) is 6.56. The van der Waals surface area contributed by atoms with Gasteiger partial charge in [0.25, 0.3) is 0 Å². The number of hydrogen-bond donors (Lipinski definition) is 0. The molecule has 0 fully saturated rings. The number of benzene rings is 2. The third-order valence-electron chi connectivity index (χ3n) is 3.52. The molecule has 2 aromatic rings. The molecule has 0 radical (unpaired) electrons. The molecule has 0 aliphatic rings. The molecule has 6 heteroatoms. The molecule has 1 amide bonds. The van der Waals surface area contributed by atoms with Crippen LogP contribution in [0.1, 0.15) is 5.56 Å². The van der Waals surface area contributed by atoms with Gasteiger partial charge < -0.3 is 14.4 Å². The Hall–Kier alpha value is -2.21. The lowest BCUT2D eigenvalue weighted by Crippen LogP contribution is -2.28. The first-order valence-corrected chi connectivity index (χ1v) is 9.07. The van der Waals surface area contributed by atoms with E-state index >= 15 is 0 Å². The van der Waals surface area contributed by atoms with Crippen LogP contribution in [0.5, 0.6) is 11.5 Å². The zero-order chi connectivity index (χ0) is 18.1. The maximum Gasteiger partial charge on any atom is 0.232 e. The largest absolute Gasteiger partial charge is 0.497 e. The van der Waals surface area contributed by atoms with Crippen LogP contribution in [0.15, 0.2) is 48.5 Å². The zero-order valence-electron chi connectivity index (χ0n) is 14.4. The monoisotopic (exact) mass is 363 g/mol. The summed E-state index contributed by atoms with van der Waals surface area (Å²) in [6, 6.07) is 13.7. The number of rotatable bonds is 9. The van der Waals surface area contributed by atoms with Crippen LogP contribution in [0.2, 0.25) is 0 Å². The van der Waals surface area contributed by atoms with Crippen LogP contribution in [0.25, 0.3) is 0 Å². The summed E-state index contributed by atoms with van der Waals surface area (Å²) in [4.78, 5) is 13.7. The summed E-state index contributed by atoms with van der Waals surface area (Å²) in [5.74, 6) is 2.37. The van der Waals surface area contributed by atoms with Crippen molar-refractivity contribution in [2.75, 3.05) is 32.3 Å². The minimum absolute atomic E-state index is 0.0127. The summed E-state index contributed by atoms with van der Waals surface area (Å²) in [6.07, 6.45) is 0. The summed E-state index contributed by atoms with van der Waals surface area (Å²) in [5, 5.41) is 0. The van der Waals surface area contributed by atoms with Gasteiger partial charge in [-0.3, -0.25) is 4.79 Å². The number of methoxy groups -OCH3 is 1. The van der Waals surface area contributed by atoms with Crippen molar-refractivity contribution < 1.29 is 18.7 Å². The SMILES string of the molecule is COc1ccc(OCCSCC(=O)N(C)Cc2cccc(F)c2)cc1. The fraction of sp³-hybridized carbons (Fsp3) is 0.316. The van der Waals surface area contributed by atoms with E-state index in [-0.39, 0.29) is 11.7 Å². The van der Waals surface area contributed by atoms with Gasteiger partial charge >= 0.3 is 0 Å². The lowest BCUT2D eigenvalue weighted by Gasteiger charge is -2.17. The molecule has 2 rings (SSSR count). The molecule has 0 spiro atoms. The minimum Gasteiger partial charge on any atom is -0.497 e. The number of ether oxygens (including phenoxy) is 2. The first-order chi connectivity index (χ1) is 12.1. The van der Waals surface area contributed by atoms with Gasteiger partial charge in [-0.15, -0.1) is 11.8 Å². The fourth-order valence-electron chi connectivity index (χ4n) is 2.16. The van der Waals surface area contributed by atoms with Crippen LogP contribution in [0.3, 0.4) is 0 Å². The van der Waals surface area contributed by atoms with Crippen LogP contribution >= 0.6 is 11.8 Å². The molecule has 0 saturated carbocycles. The molecule has 0 aliphatic carbocycles. The van der Waals surface area contributed by atoms with E-state index in [1.807, 2.05) is 30.3 Å². The molecule has 25 heavy (non-hydrogen) atoms. The number of hydrogen-bond acceptors (Lipinski definition) is 4. The molecule has 4 nitrogen and oxygen atoms in total. The van der Waals surface area contributed by atoms with Gasteiger partial charge in [0.2, 0.25) is 5.91 Å². The van der Waals surface area contributed by atoms with Gasteiger partial charge in [0.15, 0.2) is 0 Å². The Bertz CT molecular complexity index is 679. The average molecular weight is 363 g/mol. The van der Waals surface area contributed by atoms with Crippen molar-refractivity contribution >= 4 is 17.7 Å². The standard InChI is InChI=1S/C19H22FNO3S/c1-21(13-15-4-3-5-16(20)12-15)19(22)14-25-11-10-24-18-8-6-17(23-2)7-9-18/h3-9,12H,10-11,13-14H2,1-2H3. The zero-order valence-corrected chi connectivity index (χ0v) is 15.2. The Morgan fingerprint density at radius 2 is 1.88 bits per heavy atom. The summed E-state index contributed by atoms with van der Waals surface area (Å²) in [6.45, 7) is 0.928. The number of halogens is 1. The predicted molar refractivity (Wildman–Crippen MR) is 98.7 cm³/mol. The van der Waals surface area contributed by atoms with E-state index in [1.54, 1.807) is 25.1 Å². The van der Waals surface area contributed by atoms with Crippen LogP contribution in [0.4, 0.5) is 4.39 Å². The summed E-state index contributed by atoms with van der Waals surface area (Å²) < 4.78 is 23.9.